The minimum atomic E-state index is 0.0745. The molecular formula is C4H10O2S2. The average Bonchev–Trinajstić information content (AvgIpc) is 1.83. The Kier molecular flexibility index (Phi) is 6.20. The van der Waals surface area contributed by atoms with E-state index < -0.39 is 0 Å². The molecule has 2 nitrogen and oxygen atoms in total. The molecule has 0 aliphatic heterocycles. The lowest BCUT2D eigenvalue weighted by Gasteiger charge is -2.04. The maximum atomic E-state index is 8.31. The van der Waals surface area contributed by atoms with Gasteiger partial charge in [-0.2, -0.15) is 0 Å². The molecule has 0 fully saturated rings. The number of aliphatic hydroxyl groups excluding tert-OH is 1. The zero-order chi connectivity index (χ0) is 6.41. The van der Waals surface area contributed by atoms with Crippen LogP contribution in [0.25, 0.3) is 0 Å². The van der Waals surface area contributed by atoms with Crippen LogP contribution in [0.5, 0.6) is 0 Å². The fourth-order valence-corrected chi connectivity index (χ4v) is 0.930. The Morgan fingerprint density at radius 1 is 1.88 bits per heavy atom. The van der Waals surface area contributed by atoms with Gasteiger partial charge in [-0.15, -0.1) is 11.8 Å². The van der Waals surface area contributed by atoms with Crippen molar-refractivity contribution in [3.8, 4) is 0 Å². The van der Waals surface area contributed by atoms with Crippen LogP contribution in [0.2, 0.25) is 0 Å². The van der Waals surface area contributed by atoms with Crippen molar-refractivity contribution >= 4 is 24.7 Å². The highest BCUT2D eigenvalue weighted by Crippen LogP contribution is 2.11. The summed E-state index contributed by atoms with van der Waals surface area (Å²) >= 11 is 5.11. The van der Waals surface area contributed by atoms with Crippen molar-refractivity contribution in [3.05, 3.63) is 0 Å². The zero-order valence-electron chi connectivity index (χ0n) is 4.70. The predicted octanol–water partition coefficient (Wildman–Crippen LogP) is 0.919. The predicted molar refractivity (Wildman–Crippen MR) is 39.1 cm³/mol. The average molecular weight is 154 g/mol. The van der Waals surface area contributed by atoms with E-state index in [-0.39, 0.29) is 12.0 Å². The molecule has 0 aliphatic carbocycles. The lowest BCUT2D eigenvalue weighted by molar-refractivity contribution is 0.319. The maximum absolute atomic E-state index is 8.31. The smallest absolute Gasteiger partial charge is 0.114 e. The van der Waals surface area contributed by atoms with Gasteiger partial charge in [-0.1, -0.05) is 0 Å². The monoisotopic (exact) mass is 154 g/mol. The molecule has 0 aromatic rings. The first kappa shape index (κ1) is 8.62. The van der Waals surface area contributed by atoms with Gasteiger partial charge in [0.05, 0.1) is 6.61 Å². The molecule has 0 radical (unpaired) electrons. The summed E-state index contributed by atoms with van der Waals surface area (Å²) in [4.78, 5) is 0. The highest BCUT2D eigenvalue weighted by Gasteiger charge is 1.96. The van der Waals surface area contributed by atoms with Crippen LogP contribution in [0.1, 0.15) is 6.92 Å². The molecule has 0 saturated carbocycles. The summed E-state index contributed by atoms with van der Waals surface area (Å²) in [6.45, 7) is 2.08. The molecule has 4 heteroatoms. The summed E-state index contributed by atoms with van der Waals surface area (Å²) in [7, 11) is 0. The van der Waals surface area contributed by atoms with Crippen molar-refractivity contribution < 1.29 is 9.29 Å². The van der Waals surface area contributed by atoms with Crippen LogP contribution in [0.15, 0.2) is 0 Å². The van der Waals surface area contributed by atoms with Gasteiger partial charge in [0.25, 0.3) is 0 Å². The molecule has 8 heavy (non-hydrogen) atoms. The van der Waals surface area contributed by atoms with Gasteiger partial charge in [-0.05, 0) is 19.8 Å². The summed E-state index contributed by atoms with van der Waals surface area (Å²) in [5.41, 5.74) is 0.0745. The summed E-state index contributed by atoms with van der Waals surface area (Å²) in [6.07, 6.45) is 0. The quantitative estimate of drug-likeness (QED) is 0.358. The molecule has 1 atom stereocenters. The SMILES string of the molecule is CC(OS)SCCO. The van der Waals surface area contributed by atoms with E-state index in [1.54, 1.807) is 0 Å². The molecule has 0 bridgehead atoms. The number of aliphatic hydroxyl groups is 1. The van der Waals surface area contributed by atoms with Crippen molar-refractivity contribution in [2.45, 2.75) is 12.4 Å². The molecule has 0 spiro atoms. The lowest BCUT2D eigenvalue weighted by Crippen LogP contribution is -1.98. The molecule has 0 saturated heterocycles. The van der Waals surface area contributed by atoms with Gasteiger partial charge in [0, 0.05) is 5.75 Å². The summed E-state index contributed by atoms with van der Waals surface area (Å²) < 4.78 is 4.60. The Morgan fingerprint density at radius 2 is 2.50 bits per heavy atom. The van der Waals surface area contributed by atoms with Crippen molar-refractivity contribution in [2.75, 3.05) is 12.4 Å². The summed E-state index contributed by atoms with van der Waals surface area (Å²) in [5.74, 6) is 0.710. The topological polar surface area (TPSA) is 29.5 Å². The molecule has 0 amide bonds. The van der Waals surface area contributed by atoms with Crippen LogP contribution in [0.3, 0.4) is 0 Å². The second kappa shape index (κ2) is 5.75. The van der Waals surface area contributed by atoms with E-state index in [4.69, 9.17) is 5.11 Å². The van der Waals surface area contributed by atoms with E-state index in [0.29, 0.717) is 5.75 Å². The van der Waals surface area contributed by atoms with Gasteiger partial charge in [-0.3, -0.25) is 0 Å². The van der Waals surface area contributed by atoms with Crippen LogP contribution < -0.4 is 0 Å². The fourth-order valence-electron chi connectivity index (χ4n) is 0.249. The van der Waals surface area contributed by atoms with E-state index in [1.165, 1.54) is 11.8 Å². The first-order valence-corrected chi connectivity index (χ1v) is 3.75. The second-order valence-electron chi connectivity index (χ2n) is 1.27. The minimum Gasteiger partial charge on any atom is -0.396 e. The minimum absolute atomic E-state index is 0.0745. The van der Waals surface area contributed by atoms with Crippen molar-refractivity contribution in [1.82, 2.24) is 0 Å². The third-order valence-corrected chi connectivity index (χ3v) is 2.04. The van der Waals surface area contributed by atoms with Crippen LogP contribution in [0.4, 0.5) is 0 Å². The standard InChI is InChI=1S/C4H10O2S2/c1-4(6-7)8-3-2-5/h4-5,7H,2-3H2,1H3. The molecule has 50 valence electrons. The molecule has 0 rings (SSSR count). The van der Waals surface area contributed by atoms with Crippen molar-refractivity contribution in [1.29, 1.82) is 0 Å². The van der Waals surface area contributed by atoms with E-state index in [0.717, 1.165) is 0 Å². The van der Waals surface area contributed by atoms with Gasteiger partial charge in [0.15, 0.2) is 0 Å². The van der Waals surface area contributed by atoms with E-state index in [2.05, 4.69) is 17.1 Å². The molecule has 0 heterocycles. The molecular weight excluding hydrogens is 144 g/mol. The summed E-state index contributed by atoms with van der Waals surface area (Å²) in [5, 5.41) is 8.31. The fraction of sp³-hybridized carbons (Fsp3) is 1.00. The Balaban J connectivity index is 2.86. The van der Waals surface area contributed by atoms with Gasteiger partial charge in [0.2, 0.25) is 0 Å². The van der Waals surface area contributed by atoms with Gasteiger partial charge < -0.3 is 9.29 Å². The number of hydrogen-bond acceptors (Lipinski definition) is 4. The molecule has 0 aliphatic rings. The van der Waals surface area contributed by atoms with E-state index in [9.17, 15) is 0 Å². The van der Waals surface area contributed by atoms with Gasteiger partial charge in [0.1, 0.15) is 5.44 Å². The number of hydrogen-bond donors (Lipinski definition) is 2. The largest absolute Gasteiger partial charge is 0.396 e. The zero-order valence-corrected chi connectivity index (χ0v) is 6.41. The number of thioether (sulfide) groups is 1. The van der Waals surface area contributed by atoms with E-state index in [1.807, 2.05) is 6.92 Å². The van der Waals surface area contributed by atoms with Crippen molar-refractivity contribution in [3.63, 3.8) is 0 Å². The number of thiol groups is 1. The molecule has 1 unspecified atom stereocenters. The Hall–Kier alpha value is 0.620. The summed E-state index contributed by atoms with van der Waals surface area (Å²) in [6, 6.07) is 0. The number of rotatable bonds is 4. The second-order valence-corrected chi connectivity index (χ2v) is 2.88. The first-order valence-electron chi connectivity index (χ1n) is 2.34. The van der Waals surface area contributed by atoms with Crippen LogP contribution >= 0.6 is 24.7 Å². The van der Waals surface area contributed by atoms with E-state index >= 15 is 0 Å². The maximum Gasteiger partial charge on any atom is 0.114 e. The Morgan fingerprint density at radius 3 is 2.88 bits per heavy atom. The normalized spacial score (nSPS) is 13.9. The third-order valence-electron chi connectivity index (χ3n) is 0.592. The molecule has 0 aromatic heterocycles. The highest BCUT2D eigenvalue weighted by atomic mass is 32.2. The Bertz CT molecular complexity index is 51.3. The van der Waals surface area contributed by atoms with Gasteiger partial charge in [-0.25, -0.2) is 0 Å². The Labute approximate surface area is 59.2 Å². The third kappa shape index (κ3) is 4.77. The van der Waals surface area contributed by atoms with Crippen LogP contribution in [-0.4, -0.2) is 22.9 Å². The van der Waals surface area contributed by atoms with Crippen LogP contribution in [-0.2, 0) is 4.18 Å². The molecule has 0 aromatic carbocycles. The highest BCUT2D eigenvalue weighted by molar-refractivity contribution is 8.00. The van der Waals surface area contributed by atoms with Gasteiger partial charge >= 0.3 is 0 Å². The first-order chi connectivity index (χ1) is 3.81. The molecule has 1 N–H and O–H groups in total. The lowest BCUT2D eigenvalue weighted by atomic mass is 10.9. The van der Waals surface area contributed by atoms with Crippen molar-refractivity contribution in [2.24, 2.45) is 0 Å². The van der Waals surface area contributed by atoms with Crippen LogP contribution in [0, 0.1) is 0 Å².